The van der Waals surface area contributed by atoms with E-state index in [4.69, 9.17) is 14.6 Å². The summed E-state index contributed by atoms with van der Waals surface area (Å²) in [5.41, 5.74) is 3.16. The van der Waals surface area contributed by atoms with Crippen molar-refractivity contribution in [3.63, 3.8) is 0 Å². The molecule has 0 unspecified atom stereocenters. The summed E-state index contributed by atoms with van der Waals surface area (Å²) in [5, 5.41) is 17.1. The van der Waals surface area contributed by atoms with Crippen LogP contribution in [0.3, 0.4) is 0 Å². The molecule has 0 fully saturated rings. The van der Waals surface area contributed by atoms with Gasteiger partial charge in [-0.25, -0.2) is 13.6 Å². The van der Waals surface area contributed by atoms with Gasteiger partial charge in [0.15, 0.2) is 6.61 Å². The summed E-state index contributed by atoms with van der Waals surface area (Å²) < 4.78 is 39.0. The van der Waals surface area contributed by atoms with Gasteiger partial charge in [-0.15, -0.1) is 0 Å². The van der Waals surface area contributed by atoms with Crippen LogP contribution in [0.15, 0.2) is 71.3 Å². The van der Waals surface area contributed by atoms with E-state index >= 15 is 0 Å². The van der Waals surface area contributed by atoms with Gasteiger partial charge in [-0.1, -0.05) is 43.0 Å². The molecule has 2 rings (SSSR count). The molecule has 0 radical (unpaired) electrons. The van der Waals surface area contributed by atoms with E-state index in [0.29, 0.717) is 23.5 Å². The zero-order chi connectivity index (χ0) is 26.6. The number of nitrogens with one attached hydrogen (secondary N) is 1. The Hall–Kier alpha value is -3.79. The van der Waals surface area contributed by atoms with Crippen molar-refractivity contribution in [2.75, 3.05) is 40.4 Å². The lowest BCUT2D eigenvalue weighted by molar-refractivity contribution is -0.0386. The molecule has 0 aliphatic heterocycles. The Morgan fingerprint density at radius 3 is 2.61 bits per heavy atom. The number of aryl methyl sites for hydroxylation is 1. The largest absolute Gasteiger partial charge is 0.487 e. The zero-order valence-electron chi connectivity index (χ0n) is 20.7. The highest BCUT2D eigenvalue weighted by Gasteiger charge is 2.31. The van der Waals surface area contributed by atoms with Gasteiger partial charge in [0.2, 0.25) is 0 Å². The molecule has 0 spiro atoms. The third kappa shape index (κ3) is 9.10. The second-order valence-electron chi connectivity index (χ2n) is 7.90. The monoisotopic (exact) mass is 502 g/mol. The van der Waals surface area contributed by atoms with Gasteiger partial charge in [0.1, 0.15) is 18.1 Å². The van der Waals surface area contributed by atoms with Gasteiger partial charge in [0.05, 0.1) is 25.4 Å². The number of hydrogen-bond acceptors (Lipinski definition) is 7. The molecule has 0 aliphatic rings. The van der Waals surface area contributed by atoms with Crippen LogP contribution in [0.1, 0.15) is 16.7 Å². The van der Waals surface area contributed by atoms with Crippen LogP contribution in [0.4, 0.5) is 13.6 Å². The topological polar surface area (TPSA) is 95.8 Å². The number of aliphatic imine (C=N–C) groups is 1. The van der Waals surface area contributed by atoms with Crippen molar-refractivity contribution < 1.29 is 28.2 Å². The molecule has 2 aromatic rings. The SMILES string of the molecule is C=C/C(=N\N(C)CCO)C(=NC)c1cc(OCC(F)(F)CNC(=O)OCc2ccccc2)ccc1C. The van der Waals surface area contributed by atoms with Crippen LogP contribution in [-0.2, 0) is 11.3 Å². The lowest BCUT2D eigenvalue weighted by Crippen LogP contribution is -2.40. The summed E-state index contributed by atoms with van der Waals surface area (Å²) >= 11 is 0. The number of benzene rings is 2. The number of alkyl carbamates (subject to hydrolysis) is 1. The summed E-state index contributed by atoms with van der Waals surface area (Å²) in [6, 6.07) is 13.8. The Balaban J connectivity index is 2.01. The number of aliphatic hydroxyl groups is 1. The molecule has 2 N–H and O–H groups in total. The normalized spacial score (nSPS) is 12.2. The number of hydrazone groups is 1. The molecular weight excluding hydrogens is 470 g/mol. The van der Waals surface area contributed by atoms with Gasteiger partial charge in [-0.3, -0.25) is 10.0 Å². The van der Waals surface area contributed by atoms with Crippen molar-refractivity contribution in [2.45, 2.75) is 19.5 Å². The fourth-order valence-corrected chi connectivity index (χ4v) is 3.10. The average Bonchev–Trinajstić information content (AvgIpc) is 2.87. The van der Waals surface area contributed by atoms with E-state index < -0.39 is 25.2 Å². The van der Waals surface area contributed by atoms with Crippen LogP contribution < -0.4 is 10.1 Å². The molecule has 0 atom stereocenters. The smallest absolute Gasteiger partial charge is 0.407 e. The number of halogens is 2. The van der Waals surface area contributed by atoms with Crippen LogP contribution in [-0.4, -0.2) is 74.0 Å². The average molecular weight is 503 g/mol. The number of nitrogens with zero attached hydrogens (tertiary/aromatic N) is 3. The molecule has 0 saturated carbocycles. The standard InChI is InChI=1S/C26H32F2N4O4/c1-5-23(31-32(4)13-14-33)24(29-3)22-15-21(12-11-19(22)2)36-18-26(27,28)17-30-25(34)35-16-20-9-7-6-8-10-20/h5-12,15,33H,1,13-14,16-18H2,2-4H3,(H,30,34)/b29-24?,31-23+. The van der Waals surface area contributed by atoms with E-state index in [1.165, 1.54) is 6.08 Å². The molecule has 2 aromatic carbocycles. The third-order valence-corrected chi connectivity index (χ3v) is 4.98. The van der Waals surface area contributed by atoms with Crippen LogP contribution in [0, 0.1) is 6.92 Å². The summed E-state index contributed by atoms with van der Waals surface area (Å²) in [4.78, 5) is 16.1. The van der Waals surface area contributed by atoms with Crippen molar-refractivity contribution in [1.29, 1.82) is 0 Å². The quantitative estimate of drug-likeness (QED) is 0.321. The van der Waals surface area contributed by atoms with Crippen molar-refractivity contribution in [3.8, 4) is 5.75 Å². The first kappa shape index (κ1) is 28.4. The lowest BCUT2D eigenvalue weighted by Gasteiger charge is -2.19. The molecule has 0 aromatic heterocycles. The van der Waals surface area contributed by atoms with Gasteiger partial charge in [-0.2, -0.15) is 5.10 Å². The zero-order valence-corrected chi connectivity index (χ0v) is 20.7. The molecule has 10 heteroatoms. The molecule has 36 heavy (non-hydrogen) atoms. The van der Waals surface area contributed by atoms with Gasteiger partial charge < -0.3 is 19.9 Å². The highest BCUT2D eigenvalue weighted by atomic mass is 19.3. The number of alkyl halides is 2. The minimum absolute atomic E-state index is 0.0198. The number of hydrogen-bond donors (Lipinski definition) is 2. The van der Waals surface area contributed by atoms with Crippen molar-refractivity contribution >= 4 is 17.5 Å². The number of aliphatic hydroxyl groups excluding tert-OH is 1. The van der Waals surface area contributed by atoms with Crippen molar-refractivity contribution in [3.05, 3.63) is 77.9 Å². The molecule has 0 saturated heterocycles. The number of rotatable bonds is 13. The first-order valence-electron chi connectivity index (χ1n) is 11.3. The number of amides is 1. The predicted octanol–water partition coefficient (Wildman–Crippen LogP) is 3.82. The Kier molecular flexibility index (Phi) is 11.0. The van der Waals surface area contributed by atoms with Gasteiger partial charge in [0, 0.05) is 19.7 Å². The molecule has 8 nitrogen and oxygen atoms in total. The predicted molar refractivity (Wildman–Crippen MR) is 136 cm³/mol. The van der Waals surface area contributed by atoms with Crippen molar-refractivity contribution in [1.82, 2.24) is 10.3 Å². The van der Waals surface area contributed by atoms with Gasteiger partial charge in [0.25, 0.3) is 5.92 Å². The molecule has 194 valence electrons. The highest BCUT2D eigenvalue weighted by molar-refractivity contribution is 6.52. The van der Waals surface area contributed by atoms with E-state index in [2.05, 4.69) is 22.0 Å². The maximum atomic E-state index is 14.4. The molecule has 0 heterocycles. The number of carbonyl (C=O) groups is 1. The molecular formula is C26H32F2N4O4. The second-order valence-corrected chi connectivity index (χ2v) is 7.90. The van der Waals surface area contributed by atoms with Gasteiger partial charge in [-0.05, 0) is 36.3 Å². The maximum Gasteiger partial charge on any atom is 0.407 e. The summed E-state index contributed by atoms with van der Waals surface area (Å²) in [6.45, 7) is 3.97. The molecule has 0 aliphatic carbocycles. The second kappa shape index (κ2) is 13.9. The summed E-state index contributed by atoms with van der Waals surface area (Å²) in [5.74, 6) is -3.13. The Morgan fingerprint density at radius 1 is 1.25 bits per heavy atom. The fourth-order valence-electron chi connectivity index (χ4n) is 3.10. The highest BCUT2D eigenvalue weighted by Crippen LogP contribution is 2.22. The summed E-state index contributed by atoms with van der Waals surface area (Å²) in [7, 11) is 3.29. The molecule has 1 amide bonds. The third-order valence-electron chi connectivity index (χ3n) is 4.98. The Labute approximate surface area is 209 Å². The number of ether oxygens (including phenoxy) is 2. The Bertz CT molecular complexity index is 1070. The molecule has 0 bridgehead atoms. The van der Waals surface area contributed by atoms with E-state index in [9.17, 15) is 13.6 Å². The first-order chi connectivity index (χ1) is 17.2. The van der Waals surface area contributed by atoms with Crippen LogP contribution in [0.5, 0.6) is 5.75 Å². The van der Waals surface area contributed by atoms with E-state index in [1.807, 2.05) is 13.0 Å². The number of carbonyl (C=O) groups excluding carboxylic acids is 1. The minimum atomic E-state index is -3.33. The van der Waals surface area contributed by atoms with Crippen LogP contribution in [0.2, 0.25) is 0 Å². The van der Waals surface area contributed by atoms with E-state index in [-0.39, 0.29) is 19.0 Å². The van der Waals surface area contributed by atoms with Crippen LogP contribution >= 0.6 is 0 Å². The fraction of sp³-hybridized carbons (Fsp3) is 0.346. The van der Waals surface area contributed by atoms with Gasteiger partial charge >= 0.3 is 6.09 Å². The Morgan fingerprint density at radius 2 is 1.97 bits per heavy atom. The summed E-state index contributed by atoms with van der Waals surface area (Å²) in [6.07, 6.45) is 0.585. The number of likely N-dealkylation sites (N-methyl/N-ethyl adjacent to an activating group) is 1. The maximum absolute atomic E-state index is 14.4. The van der Waals surface area contributed by atoms with Crippen molar-refractivity contribution in [2.24, 2.45) is 10.1 Å². The lowest BCUT2D eigenvalue weighted by atomic mass is 10.00. The van der Waals surface area contributed by atoms with Crippen LogP contribution in [0.25, 0.3) is 0 Å². The first-order valence-corrected chi connectivity index (χ1v) is 11.3. The van der Waals surface area contributed by atoms with E-state index in [1.54, 1.807) is 61.6 Å². The van der Waals surface area contributed by atoms with E-state index in [0.717, 1.165) is 11.1 Å². The minimum Gasteiger partial charge on any atom is -0.487 e. The number of allylic oxidation sites excluding steroid dienone is 1.